The molecule has 1 nitrogen and oxygen atoms in total. The van der Waals surface area contributed by atoms with E-state index in [1.807, 2.05) is 6.92 Å². The Labute approximate surface area is 152 Å². The molecule has 0 radical (unpaired) electrons. The molecule has 0 saturated heterocycles. The van der Waals surface area contributed by atoms with Crippen molar-refractivity contribution in [3.05, 3.63) is 35.4 Å². The summed E-state index contributed by atoms with van der Waals surface area (Å²) in [7, 11) is 0. The molecule has 2 saturated carbocycles. The fourth-order valence-electron chi connectivity index (χ4n) is 6.01. The second-order valence-electron chi connectivity index (χ2n) is 8.37. The molecule has 0 aliphatic heterocycles. The zero-order chi connectivity index (χ0) is 17.5. The minimum Gasteiger partial charge on any atom is -0.377 e. The fourth-order valence-corrected chi connectivity index (χ4v) is 6.01. The van der Waals surface area contributed by atoms with Gasteiger partial charge in [0, 0.05) is 11.8 Å². The van der Waals surface area contributed by atoms with E-state index in [9.17, 15) is 5.11 Å². The van der Waals surface area contributed by atoms with Gasteiger partial charge in [0.25, 0.3) is 0 Å². The molecule has 0 heterocycles. The van der Waals surface area contributed by atoms with Gasteiger partial charge in [-0.05, 0) is 79.2 Å². The zero-order valence-electron chi connectivity index (χ0n) is 15.4. The van der Waals surface area contributed by atoms with Crippen molar-refractivity contribution in [2.45, 2.75) is 70.3 Å². The van der Waals surface area contributed by atoms with Gasteiger partial charge in [-0.25, -0.2) is 0 Å². The number of rotatable bonds is 0. The summed E-state index contributed by atoms with van der Waals surface area (Å²) in [5.74, 6) is 14.0. The van der Waals surface area contributed by atoms with Gasteiger partial charge >= 0.3 is 0 Å². The maximum atomic E-state index is 11.4. The van der Waals surface area contributed by atoms with Crippen LogP contribution in [0.5, 0.6) is 0 Å². The van der Waals surface area contributed by atoms with Crippen molar-refractivity contribution in [1.82, 2.24) is 0 Å². The van der Waals surface area contributed by atoms with E-state index >= 15 is 0 Å². The third-order valence-corrected chi connectivity index (χ3v) is 7.39. The standard InChI is InChI=1S/C24H28O/c1-3-4-5-8-15-24(25)17-14-22-21-12-11-18-9-6-7-10-19(18)20(21)13-16-23(22,24)2/h6-7,9-10,20-22,25H,3,11-14,16-17H2,1-2H3/t20-,21-,22+,23+,24-/m1/s1. The van der Waals surface area contributed by atoms with Crippen molar-refractivity contribution in [1.29, 1.82) is 0 Å². The molecule has 2 fully saturated rings. The lowest BCUT2D eigenvalue weighted by Crippen LogP contribution is -2.50. The molecule has 0 unspecified atom stereocenters. The quantitative estimate of drug-likeness (QED) is 0.683. The Bertz CT molecular complexity index is 786. The van der Waals surface area contributed by atoms with Crippen LogP contribution in [0.3, 0.4) is 0 Å². The summed E-state index contributed by atoms with van der Waals surface area (Å²) >= 11 is 0. The highest BCUT2D eigenvalue weighted by Gasteiger charge is 2.61. The summed E-state index contributed by atoms with van der Waals surface area (Å²) in [6.45, 7) is 4.32. The van der Waals surface area contributed by atoms with Gasteiger partial charge in [-0.15, -0.1) is 0 Å². The van der Waals surface area contributed by atoms with Gasteiger partial charge in [-0.3, -0.25) is 0 Å². The van der Waals surface area contributed by atoms with E-state index in [1.54, 1.807) is 11.1 Å². The van der Waals surface area contributed by atoms with E-state index < -0.39 is 5.60 Å². The summed E-state index contributed by atoms with van der Waals surface area (Å²) in [6.07, 6.45) is 7.43. The summed E-state index contributed by atoms with van der Waals surface area (Å²) in [5, 5.41) is 11.4. The smallest absolute Gasteiger partial charge is 0.132 e. The lowest BCUT2D eigenvalue weighted by Gasteiger charge is -2.52. The highest BCUT2D eigenvalue weighted by molar-refractivity contribution is 5.37. The number of fused-ring (bicyclic) bond motifs is 5. The molecule has 3 aliphatic rings. The number of hydrogen-bond acceptors (Lipinski definition) is 1. The van der Waals surface area contributed by atoms with Crippen molar-refractivity contribution in [3.8, 4) is 23.7 Å². The van der Waals surface area contributed by atoms with Crippen molar-refractivity contribution in [2.75, 3.05) is 0 Å². The topological polar surface area (TPSA) is 20.2 Å². The van der Waals surface area contributed by atoms with Crippen LogP contribution >= 0.6 is 0 Å². The first-order valence-corrected chi connectivity index (χ1v) is 9.89. The second-order valence-corrected chi connectivity index (χ2v) is 8.37. The Hall–Kier alpha value is -1.70. The third kappa shape index (κ3) is 2.53. The molecule has 1 aromatic carbocycles. The van der Waals surface area contributed by atoms with Crippen molar-refractivity contribution in [2.24, 2.45) is 17.3 Å². The van der Waals surface area contributed by atoms with Crippen LogP contribution in [0.15, 0.2) is 24.3 Å². The molecule has 0 bridgehead atoms. The first-order valence-electron chi connectivity index (χ1n) is 9.89. The summed E-state index contributed by atoms with van der Waals surface area (Å²) < 4.78 is 0. The molecule has 1 N–H and O–H groups in total. The SMILES string of the molecule is CCC#CC#C[C@@]1(O)CC[C@H]2[C@@H]3CCc4ccccc4[C@H]3CC[C@@]21C. The summed E-state index contributed by atoms with van der Waals surface area (Å²) in [5.41, 5.74) is 2.19. The predicted octanol–water partition coefficient (Wildman–Crippen LogP) is 4.69. The van der Waals surface area contributed by atoms with E-state index in [0.29, 0.717) is 17.8 Å². The van der Waals surface area contributed by atoms with Gasteiger partial charge in [-0.1, -0.05) is 50.0 Å². The van der Waals surface area contributed by atoms with Crippen LogP contribution in [-0.2, 0) is 6.42 Å². The van der Waals surface area contributed by atoms with Crippen LogP contribution in [0.25, 0.3) is 0 Å². The molecule has 0 spiro atoms. The van der Waals surface area contributed by atoms with Crippen LogP contribution in [0.2, 0.25) is 0 Å². The van der Waals surface area contributed by atoms with Crippen LogP contribution in [0, 0.1) is 40.9 Å². The van der Waals surface area contributed by atoms with E-state index in [2.05, 4.69) is 54.9 Å². The summed E-state index contributed by atoms with van der Waals surface area (Å²) in [6, 6.07) is 9.02. The lowest BCUT2D eigenvalue weighted by molar-refractivity contribution is -0.0647. The molecule has 130 valence electrons. The van der Waals surface area contributed by atoms with Gasteiger partial charge in [0.05, 0.1) is 0 Å². The van der Waals surface area contributed by atoms with Gasteiger partial charge in [-0.2, -0.15) is 0 Å². The maximum Gasteiger partial charge on any atom is 0.132 e. The van der Waals surface area contributed by atoms with E-state index in [-0.39, 0.29) is 5.41 Å². The lowest BCUT2D eigenvalue weighted by atomic mass is 9.53. The Morgan fingerprint density at radius 1 is 1.12 bits per heavy atom. The number of aryl methyl sites for hydroxylation is 1. The number of benzene rings is 1. The average Bonchev–Trinajstić information content (AvgIpc) is 2.90. The highest BCUT2D eigenvalue weighted by Crippen LogP contribution is 2.64. The second kappa shape index (κ2) is 6.23. The monoisotopic (exact) mass is 332 g/mol. The third-order valence-electron chi connectivity index (χ3n) is 7.39. The van der Waals surface area contributed by atoms with Gasteiger partial charge in [0.2, 0.25) is 0 Å². The molecule has 4 rings (SSSR count). The molecule has 0 aromatic heterocycles. The fraction of sp³-hybridized carbons (Fsp3) is 0.583. The molecule has 0 amide bonds. The van der Waals surface area contributed by atoms with Crippen LogP contribution in [0.1, 0.15) is 69.4 Å². The normalized spacial score (nSPS) is 38.3. The largest absolute Gasteiger partial charge is 0.377 e. The van der Waals surface area contributed by atoms with Gasteiger partial charge in [0.15, 0.2) is 0 Å². The Kier molecular flexibility index (Phi) is 4.17. The first-order chi connectivity index (χ1) is 12.1. The van der Waals surface area contributed by atoms with Crippen LogP contribution < -0.4 is 0 Å². The Balaban J connectivity index is 1.64. The molecular weight excluding hydrogens is 304 g/mol. The van der Waals surface area contributed by atoms with Crippen LogP contribution in [-0.4, -0.2) is 10.7 Å². The van der Waals surface area contributed by atoms with Crippen LogP contribution in [0.4, 0.5) is 0 Å². The molecule has 1 aromatic rings. The minimum atomic E-state index is -0.859. The molecule has 25 heavy (non-hydrogen) atoms. The zero-order valence-corrected chi connectivity index (χ0v) is 15.4. The molecule has 3 aliphatic carbocycles. The Morgan fingerprint density at radius 2 is 1.96 bits per heavy atom. The van der Waals surface area contributed by atoms with Crippen molar-refractivity contribution in [3.63, 3.8) is 0 Å². The molecule has 5 atom stereocenters. The first kappa shape index (κ1) is 16.8. The van der Waals surface area contributed by atoms with Crippen molar-refractivity contribution < 1.29 is 5.11 Å². The van der Waals surface area contributed by atoms with Gasteiger partial charge < -0.3 is 5.11 Å². The average molecular weight is 332 g/mol. The Morgan fingerprint density at radius 3 is 2.80 bits per heavy atom. The van der Waals surface area contributed by atoms with Crippen molar-refractivity contribution >= 4 is 0 Å². The summed E-state index contributed by atoms with van der Waals surface area (Å²) in [4.78, 5) is 0. The highest BCUT2D eigenvalue weighted by atomic mass is 16.3. The van der Waals surface area contributed by atoms with Gasteiger partial charge in [0.1, 0.15) is 5.60 Å². The van der Waals surface area contributed by atoms with E-state index in [1.165, 1.54) is 19.3 Å². The van der Waals surface area contributed by atoms with E-state index in [0.717, 1.165) is 25.7 Å². The molecular formula is C24H28O. The minimum absolute atomic E-state index is 0.0820. The number of hydrogen-bond donors (Lipinski definition) is 1. The molecule has 1 heteroatoms. The van der Waals surface area contributed by atoms with E-state index in [4.69, 9.17) is 0 Å². The maximum absolute atomic E-state index is 11.4. The number of aliphatic hydroxyl groups is 1. The predicted molar refractivity (Wildman–Crippen MR) is 102 cm³/mol.